The third-order valence-corrected chi connectivity index (χ3v) is 0.976. The van der Waals surface area contributed by atoms with Gasteiger partial charge in [0.15, 0.2) is 5.75 Å². The first kappa shape index (κ1) is 9.69. The molecule has 0 amide bonds. The van der Waals surface area contributed by atoms with E-state index < -0.39 is 0 Å². The van der Waals surface area contributed by atoms with E-state index in [-0.39, 0.29) is 42.2 Å². The van der Waals surface area contributed by atoms with Gasteiger partial charge in [-0.3, -0.25) is 4.79 Å². The average molecular weight is 146 g/mol. The van der Waals surface area contributed by atoms with E-state index in [1.165, 1.54) is 12.1 Å². The average Bonchev–Trinajstić information content (AvgIpc) is 1.99. The summed E-state index contributed by atoms with van der Waals surface area (Å²) in [6, 6.07) is 7.55. The first-order chi connectivity index (χ1) is 4.30. The van der Waals surface area contributed by atoms with Crippen LogP contribution in [0.25, 0.3) is 0 Å². The van der Waals surface area contributed by atoms with E-state index in [1.54, 1.807) is 18.2 Å². The molecule has 2 nitrogen and oxygen atoms in total. The van der Waals surface area contributed by atoms with Gasteiger partial charge in [-0.1, -0.05) is 18.2 Å². The molecule has 0 aliphatic rings. The standard InChI is InChI=1S/C7H6O2.Na.H/c8-6-4-2-1-3-5-7(6)9;;/h1-5H,(H,8,9);;/q;+1;-1. The van der Waals surface area contributed by atoms with E-state index in [0.717, 1.165) is 0 Å². The molecule has 0 aromatic heterocycles. The third-order valence-electron chi connectivity index (χ3n) is 0.976. The Morgan fingerprint density at radius 2 is 1.80 bits per heavy atom. The molecule has 0 heterocycles. The molecule has 0 radical (unpaired) electrons. The molecule has 1 aromatic rings. The van der Waals surface area contributed by atoms with Crippen LogP contribution in [0.1, 0.15) is 1.43 Å². The first-order valence-electron chi connectivity index (χ1n) is 2.59. The van der Waals surface area contributed by atoms with Crippen molar-refractivity contribution in [3.05, 3.63) is 40.6 Å². The minimum atomic E-state index is -0.347. The van der Waals surface area contributed by atoms with Crippen molar-refractivity contribution in [3.63, 3.8) is 0 Å². The van der Waals surface area contributed by atoms with E-state index in [1.807, 2.05) is 0 Å². The van der Waals surface area contributed by atoms with E-state index in [0.29, 0.717) is 0 Å². The summed E-state index contributed by atoms with van der Waals surface area (Å²) in [4.78, 5) is 10.6. The van der Waals surface area contributed by atoms with Crippen LogP contribution in [-0.4, -0.2) is 5.11 Å². The van der Waals surface area contributed by atoms with Crippen LogP contribution in [0.2, 0.25) is 0 Å². The summed E-state index contributed by atoms with van der Waals surface area (Å²) in [5, 5.41) is 8.77. The van der Waals surface area contributed by atoms with Crippen molar-refractivity contribution in [2.45, 2.75) is 0 Å². The van der Waals surface area contributed by atoms with Crippen LogP contribution in [0, 0.1) is 0 Å². The molecule has 0 aliphatic heterocycles. The van der Waals surface area contributed by atoms with Gasteiger partial charge in [0.25, 0.3) is 0 Å². The molecule has 1 N–H and O–H groups in total. The van der Waals surface area contributed by atoms with Gasteiger partial charge in [0.05, 0.1) is 0 Å². The molecule has 10 heavy (non-hydrogen) atoms. The Hall–Kier alpha value is -0.310. The maximum absolute atomic E-state index is 10.6. The molecule has 3 heteroatoms. The normalized spacial score (nSPS) is 8.00. The molecule has 0 spiro atoms. The maximum atomic E-state index is 10.6. The van der Waals surface area contributed by atoms with E-state index in [9.17, 15) is 4.79 Å². The van der Waals surface area contributed by atoms with Gasteiger partial charge in [0.2, 0.25) is 5.43 Å². The van der Waals surface area contributed by atoms with E-state index in [4.69, 9.17) is 5.11 Å². The fourth-order valence-electron chi connectivity index (χ4n) is 0.521. The summed E-state index contributed by atoms with van der Waals surface area (Å²) in [5.74, 6) is -0.208. The van der Waals surface area contributed by atoms with Crippen molar-refractivity contribution in [3.8, 4) is 5.75 Å². The summed E-state index contributed by atoms with van der Waals surface area (Å²) in [5.41, 5.74) is -0.347. The van der Waals surface area contributed by atoms with Gasteiger partial charge in [-0.25, -0.2) is 0 Å². The summed E-state index contributed by atoms with van der Waals surface area (Å²) in [6.45, 7) is 0. The van der Waals surface area contributed by atoms with Crippen LogP contribution in [-0.2, 0) is 0 Å². The summed E-state index contributed by atoms with van der Waals surface area (Å²) >= 11 is 0. The Morgan fingerprint density at radius 3 is 2.50 bits per heavy atom. The van der Waals surface area contributed by atoms with Gasteiger partial charge in [0, 0.05) is 0 Å². The predicted octanol–water partition coefficient (Wildman–Crippen LogP) is -2.13. The fraction of sp³-hybridized carbons (Fsp3) is 0. The van der Waals surface area contributed by atoms with Crippen LogP contribution >= 0.6 is 0 Å². The van der Waals surface area contributed by atoms with Crippen molar-refractivity contribution >= 4 is 0 Å². The SMILES string of the molecule is O=c1cccccc1O.[H-].[Na+]. The molecular formula is C7H7NaO2. The van der Waals surface area contributed by atoms with Gasteiger partial charge >= 0.3 is 29.6 Å². The number of hydrogen-bond donors (Lipinski definition) is 1. The second-order valence-corrected chi connectivity index (χ2v) is 1.66. The van der Waals surface area contributed by atoms with Crippen LogP contribution in [0.4, 0.5) is 0 Å². The summed E-state index contributed by atoms with van der Waals surface area (Å²) < 4.78 is 0. The van der Waals surface area contributed by atoms with E-state index in [2.05, 4.69) is 0 Å². The quantitative estimate of drug-likeness (QED) is 0.424. The Bertz CT molecular complexity index is 264. The molecule has 0 fully saturated rings. The minimum Gasteiger partial charge on any atom is -1.00 e. The molecule has 48 valence electrons. The Balaban J connectivity index is 0. The number of aromatic hydroxyl groups is 1. The maximum Gasteiger partial charge on any atom is 1.00 e. The number of rotatable bonds is 0. The predicted molar refractivity (Wildman–Crippen MR) is 35.5 cm³/mol. The zero-order chi connectivity index (χ0) is 6.69. The molecule has 0 saturated heterocycles. The van der Waals surface area contributed by atoms with Crippen molar-refractivity contribution in [2.75, 3.05) is 0 Å². The van der Waals surface area contributed by atoms with Crippen LogP contribution < -0.4 is 35.0 Å². The topological polar surface area (TPSA) is 37.3 Å². The minimum absolute atomic E-state index is 0. The van der Waals surface area contributed by atoms with Crippen molar-refractivity contribution in [1.82, 2.24) is 0 Å². The fourth-order valence-corrected chi connectivity index (χ4v) is 0.521. The second-order valence-electron chi connectivity index (χ2n) is 1.66. The van der Waals surface area contributed by atoms with Gasteiger partial charge in [0.1, 0.15) is 0 Å². The van der Waals surface area contributed by atoms with Crippen LogP contribution in [0.5, 0.6) is 5.75 Å². The Kier molecular flexibility index (Phi) is 4.36. The third kappa shape index (κ3) is 2.52. The zero-order valence-electron chi connectivity index (χ0n) is 6.74. The molecular weight excluding hydrogens is 139 g/mol. The van der Waals surface area contributed by atoms with Crippen molar-refractivity contribution < 1.29 is 36.1 Å². The van der Waals surface area contributed by atoms with Crippen molar-refractivity contribution in [2.24, 2.45) is 0 Å². The molecule has 0 aliphatic carbocycles. The zero-order valence-corrected chi connectivity index (χ0v) is 7.74. The van der Waals surface area contributed by atoms with Gasteiger partial charge in [-0.2, -0.15) is 0 Å². The van der Waals surface area contributed by atoms with Gasteiger partial charge < -0.3 is 6.53 Å². The summed E-state index contributed by atoms with van der Waals surface area (Å²) in [6.07, 6.45) is 0. The Labute approximate surface area is 82.3 Å². The molecule has 0 unspecified atom stereocenters. The smallest absolute Gasteiger partial charge is 1.00 e. The largest absolute Gasteiger partial charge is 1.00 e. The molecule has 0 saturated carbocycles. The Morgan fingerprint density at radius 1 is 1.20 bits per heavy atom. The molecule has 0 bridgehead atoms. The monoisotopic (exact) mass is 146 g/mol. The van der Waals surface area contributed by atoms with Gasteiger partial charge in [-0.05, 0) is 12.1 Å². The molecule has 1 aromatic carbocycles. The van der Waals surface area contributed by atoms with E-state index >= 15 is 0 Å². The van der Waals surface area contributed by atoms with Crippen molar-refractivity contribution in [1.29, 1.82) is 0 Å². The van der Waals surface area contributed by atoms with Crippen LogP contribution in [0.15, 0.2) is 35.1 Å². The first-order valence-corrected chi connectivity index (χ1v) is 2.59. The molecule has 1 rings (SSSR count). The van der Waals surface area contributed by atoms with Gasteiger partial charge in [-0.15, -0.1) is 0 Å². The molecule has 0 atom stereocenters. The number of hydrogen-bond acceptors (Lipinski definition) is 2. The second kappa shape index (κ2) is 4.50. The van der Waals surface area contributed by atoms with Crippen LogP contribution in [0.3, 0.4) is 0 Å². The summed E-state index contributed by atoms with van der Waals surface area (Å²) in [7, 11) is 0.